The zero-order chi connectivity index (χ0) is 17.0. The van der Waals surface area contributed by atoms with Gasteiger partial charge in [0.05, 0.1) is 5.70 Å². The summed E-state index contributed by atoms with van der Waals surface area (Å²) in [7, 11) is 1.80. The molecule has 0 fully saturated rings. The smallest absolute Gasteiger partial charge is 0.0803 e. The summed E-state index contributed by atoms with van der Waals surface area (Å²) < 4.78 is 0. The molecule has 0 aliphatic carbocycles. The van der Waals surface area contributed by atoms with Gasteiger partial charge in [-0.1, -0.05) is 50.8 Å². The Morgan fingerprint density at radius 3 is 2.55 bits per heavy atom. The topological polar surface area (TPSA) is 66.0 Å². The average molecular weight is 305 g/mol. The van der Waals surface area contributed by atoms with Gasteiger partial charge in [-0.25, -0.2) is 0 Å². The van der Waals surface area contributed by atoms with Crippen molar-refractivity contribution in [1.82, 2.24) is 10.5 Å². The maximum Gasteiger partial charge on any atom is 0.0803 e. The molecule has 0 unspecified atom stereocenters. The van der Waals surface area contributed by atoms with Crippen LogP contribution < -0.4 is 11.2 Å². The van der Waals surface area contributed by atoms with E-state index in [0.29, 0.717) is 18.2 Å². The Balaban J connectivity index is 4.54. The van der Waals surface area contributed by atoms with E-state index in [2.05, 4.69) is 55.3 Å². The molecule has 5 heteroatoms. The van der Waals surface area contributed by atoms with E-state index in [-0.39, 0.29) is 0 Å². The fourth-order valence-electron chi connectivity index (χ4n) is 1.81. The highest BCUT2D eigenvalue weighted by Gasteiger charge is 1.99. The average Bonchev–Trinajstić information content (AvgIpc) is 2.46. The van der Waals surface area contributed by atoms with Crippen LogP contribution in [0.5, 0.6) is 0 Å². The molecule has 0 radical (unpaired) electrons. The number of allylic oxidation sites excluding steroid dienone is 5. The highest BCUT2D eigenvalue weighted by Crippen LogP contribution is 2.12. The van der Waals surface area contributed by atoms with Crippen LogP contribution in [0.1, 0.15) is 40.5 Å². The van der Waals surface area contributed by atoms with Gasteiger partial charge >= 0.3 is 0 Å². The number of hydrazine groups is 1. The van der Waals surface area contributed by atoms with Crippen molar-refractivity contribution in [2.24, 2.45) is 22.0 Å². The molecular formula is C17H31N5. The van der Waals surface area contributed by atoms with Gasteiger partial charge in [0.2, 0.25) is 0 Å². The number of nitrogens with zero attached hydrogens (tertiary/aromatic N) is 3. The Hall–Kier alpha value is -1.88. The summed E-state index contributed by atoms with van der Waals surface area (Å²) in [6.45, 7) is 12.9. The number of nitrogens with two attached hydrogens (primary N) is 1. The van der Waals surface area contributed by atoms with Crippen LogP contribution >= 0.6 is 0 Å². The van der Waals surface area contributed by atoms with Crippen LogP contribution in [-0.4, -0.2) is 18.7 Å². The molecule has 0 aromatic carbocycles. The Morgan fingerprint density at radius 1 is 1.36 bits per heavy atom. The lowest BCUT2D eigenvalue weighted by atomic mass is 10.0. The number of hydrogen-bond donors (Lipinski definition) is 2. The molecule has 0 aromatic heterocycles. The number of hydrogen-bond acceptors (Lipinski definition) is 4. The monoisotopic (exact) mass is 305 g/mol. The molecule has 0 aromatic rings. The maximum absolute atomic E-state index is 5.58. The number of rotatable bonds is 10. The second kappa shape index (κ2) is 11.7. The minimum Gasteiger partial charge on any atom is -0.330 e. The maximum atomic E-state index is 5.58. The van der Waals surface area contributed by atoms with Crippen molar-refractivity contribution in [2.45, 2.75) is 40.5 Å². The van der Waals surface area contributed by atoms with Crippen LogP contribution in [-0.2, 0) is 0 Å². The zero-order valence-corrected chi connectivity index (χ0v) is 14.6. The minimum absolute atomic E-state index is 0.480. The number of nitrogens with one attached hydrogen (secondary N) is 1. The molecule has 0 atom stereocenters. The molecule has 5 nitrogen and oxygen atoms in total. The SMILES string of the molecule is C=C(/C=C\C(=C/C)C(C)C)N=NN(C)N/C(=C/CC)CCN. The Morgan fingerprint density at radius 2 is 2.05 bits per heavy atom. The van der Waals surface area contributed by atoms with E-state index in [1.807, 2.05) is 19.1 Å². The van der Waals surface area contributed by atoms with E-state index < -0.39 is 0 Å². The summed E-state index contributed by atoms with van der Waals surface area (Å²) in [5.41, 5.74) is 11.6. The second-order valence-electron chi connectivity index (χ2n) is 5.27. The molecule has 0 rings (SSSR count). The largest absolute Gasteiger partial charge is 0.330 e. The molecule has 0 amide bonds. The first-order valence-electron chi connectivity index (χ1n) is 7.78. The van der Waals surface area contributed by atoms with Crippen molar-refractivity contribution >= 4 is 0 Å². The first-order chi connectivity index (χ1) is 10.4. The van der Waals surface area contributed by atoms with Crippen molar-refractivity contribution in [2.75, 3.05) is 13.6 Å². The van der Waals surface area contributed by atoms with Gasteiger partial charge in [0.25, 0.3) is 0 Å². The summed E-state index contributed by atoms with van der Waals surface area (Å²) in [4.78, 5) is 0. The van der Waals surface area contributed by atoms with Gasteiger partial charge < -0.3 is 5.73 Å². The van der Waals surface area contributed by atoms with E-state index in [0.717, 1.165) is 18.5 Å². The molecule has 0 saturated heterocycles. The molecule has 0 saturated carbocycles. The summed E-state index contributed by atoms with van der Waals surface area (Å²) in [5.74, 6) is 0.480. The van der Waals surface area contributed by atoms with Crippen LogP contribution in [0.25, 0.3) is 0 Å². The first-order valence-corrected chi connectivity index (χ1v) is 7.78. The van der Waals surface area contributed by atoms with Crippen LogP contribution in [0.3, 0.4) is 0 Å². The minimum atomic E-state index is 0.480. The van der Waals surface area contributed by atoms with E-state index in [1.165, 1.54) is 5.57 Å². The Labute approximate surface area is 135 Å². The van der Waals surface area contributed by atoms with Crippen molar-refractivity contribution in [3.8, 4) is 0 Å². The van der Waals surface area contributed by atoms with Gasteiger partial charge in [-0.2, -0.15) is 5.12 Å². The lowest BCUT2D eigenvalue weighted by molar-refractivity contribution is 0.255. The van der Waals surface area contributed by atoms with Gasteiger partial charge in [0, 0.05) is 19.2 Å². The molecule has 0 aliphatic heterocycles. The van der Waals surface area contributed by atoms with Gasteiger partial charge in [-0.15, -0.1) is 5.11 Å². The lowest BCUT2D eigenvalue weighted by Crippen LogP contribution is -2.29. The summed E-state index contributed by atoms with van der Waals surface area (Å²) in [6, 6.07) is 0. The molecule has 3 N–H and O–H groups in total. The first kappa shape index (κ1) is 20.1. The second-order valence-corrected chi connectivity index (χ2v) is 5.27. The molecule has 124 valence electrons. The third kappa shape index (κ3) is 9.13. The molecular weight excluding hydrogens is 274 g/mol. The zero-order valence-electron chi connectivity index (χ0n) is 14.6. The van der Waals surface area contributed by atoms with Crippen LogP contribution in [0.15, 0.2) is 58.2 Å². The van der Waals surface area contributed by atoms with E-state index in [4.69, 9.17) is 5.73 Å². The highest BCUT2D eigenvalue weighted by atomic mass is 15.7. The predicted molar refractivity (Wildman–Crippen MR) is 94.7 cm³/mol. The van der Waals surface area contributed by atoms with Gasteiger partial charge in [0.1, 0.15) is 0 Å². The van der Waals surface area contributed by atoms with Gasteiger partial charge in [-0.05, 0) is 37.5 Å². The predicted octanol–water partition coefficient (Wildman–Crippen LogP) is 4.10. The van der Waals surface area contributed by atoms with Crippen LogP contribution in [0.2, 0.25) is 0 Å². The van der Waals surface area contributed by atoms with Gasteiger partial charge in [0.15, 0.2) is 0 Å². The van der Waals surface area contributed by atoms with E-state index in [1.54, 1.807) is 12.2 Å². The van der Waals surface area contributed by atoms with Crippen molar-refractivity contribution in [1.29, 1.82) is 0 Å². The quantitative estimate of drug-likeness (QED) is 0.363. The Bertz CT molecular complexity index is 444. The summed E-state index contributed by atoms with van der Waals surface area (Å²) in [5, 5.41) is 9.72. The summed E-state index contributed by atoms with van der Waals surface area (Å²) >= 11 is 0. The molecule has 0 aliphatic rings. The van der Waals surface area contributed by atoms with Crippen molar-refractivity contribution in [3.05, 3.63) is 47.9 Å². The molecule has 0 spiro atoms. The molecule has 22 heavy (non-hydrogen) atoms. The van der Waals surface area contributed by atoms with Crippen LogP contribution in [0, 0.1) is 5.92 Å². The van der Waals surface area contributed by atoms with Crippen molar-refractivity contribution in [3.63, 3.8) is 0 Å². The lowest BCUT2D eigenvalue weighted by Gasteiger charge is -2.16. The van der Waals surface area contributed by atoms with Crippen LogP contribution in [0.4, 0.5) is 0 Å². The van der Waals surface area contributed by atoms with Crippen molar-refractivity contribution < 1.29 is 0 Å². The molecule has 0 bridgehead atoms. The van der Waals surface area contributed by atoms with Gasteiger partial charge in [-0.3, -0.25) is 5.43 Å². The molecule has 0 heterocycles. The standard InChI is InChI=1S/C17H31N5/c1-7-9-17(12-13-18)20-22(6)21-19-15(5)10-11-16(8-2)14(3)4/h8-11,14,20H,5,7,12-13,18H2,1-4,6H3/b11-10-,16-8+,17-9+,21-19?. The fourth-order valence-corrected chi connectivity index (χ4v) is 1.81. The highest BCUT2D eigenvalue weighted by molar-refractivity contribution is 5.26. The van der Waals surface area contributed by atoms with E-state index in [9.17, 15) is 0 Å². The Kier molecular flexibility index (Phi) is 10.7. The third-order valence-electron chi connectivity index (χ3n) is 2.95. The summed E-state index contributed by atoms with van der Waals surface area (Å²) in [6.07, 6.45) is 9.81. The third-order valence-corrected chi connectivity index (χ3v) is 2.95. The fraction of sp³-hybridized carbons (Fsp3) is 0.529. The van der Waals surface area contributed by atoms with E-state index >= 15 is 0 Å². The normalized spacial score (nSPS) is 13.4.